The van der Waals surface area contributed by atoms with Gasteiger partial charge in [0.2, 0.25) is 5.91 Å². The van der Waals surface area contributed by atoms with Gasteiger partial charge in [-0.3, -0.25) is 4.79 Å². The zero-order valence-corrected chi connectivity index (χ0v) is 13.7. The molecule has 5 nitrogen and oxygen atoms in total. The van der Waals surface area contributed by atoms with Gasteiger partial charge in [0.25, 0.3) is 0 Å². The van der Waals surface area contributed by atoms with Crippen molar-refractivity contribution in [3.8, 4) is 0 Å². The lowest BCUT2D eigenvalue weighted by molar-refractivity contribution is -0.116. The lowest BCUT2D eigenvalue weighted by atomic mass is 10.3. The number of hydrogen-bond donors (Lipinski definition) is 1. The molecule has 0 aromatic carbocycles. The SMILES string of the molecule is CN(C)C/C=C/C(=O)NCCc1csc(N2CCCC2)n1. The van der Waals surface area contributed by atoms with Gasteiger partial charge in [-0.2, -0.15) is 0 Å². The zero-order chi connectivity index (χ0) is 15.1. The van der Waals surface area contributed by atoms with Crippen LogP contribution in [0, 0.1) is 0 Å². The van der Waals surface area contributed by atoms with Crippen LogP contribution >= 0.6 is 11.3 Å². The van der Waals surface area contributed by atoms with Gasteiger partial charge in [0.15, 0.2) is 5.13 Å². The number of carbonyl (C=O) groups is 1. The van der Waals surface area contributed by atoms with Crippen molar-refractivity contribution in [2.45, 2.75) is 19.3 Å². The Labute approximate surface area is 130 Å². The second-order valence-electron chi connectivity index (χ2n) is 5.52. The van der Waals surface area contributed by atoms with E-state index in [0.717, 1.165) is 36.9 Å². The molecular weight excluding hydrogens is 284 g/mol. The molecule has 0 unspecified atom stereocenters. The van der Waals surface area contributed by atoms with Gasteiger partial charge in [-0.1, -0.05) is 6.08 Å². The first-order valence-electron chi connectivity index (χ1n) is 7.43. The van der Waals surface area contributed by atoms with Crippen molar-refractivity contribution < 1.29 is 4.79 Å². The maximum Gasteiger partial charge on any atom is 0.243 e. The first-order valence-corrected chi connectivity index (χ1v) is 8.31. The molecule has 116 valence electrons. The minimum atomic E-state index is -0.0353. The summed E-state index contributed by atoms with van der Waals surface area (Å²) in [5.74, 6) is -0.0353. The average molecular weight is 308 g/mol. The Hall–Kier alpha value is -1.40. The molecule has 0 aliphatic carbocycles. The fourth-order valence-corrected chi connectivity index (χ4v) is 3.12. The molecule has 1 saturated heterocycles. The van der Waals surface area contributed by atoms with E-state index in [9.17, 15) is 4.79 Å². The predicted molar refractivity (Wildman–Crippen MR) is 88.0 cm³/mol. The Morgan fingerprint density at radius 1 is 1.48 bits per heavy atom. The molecule has 1 aromatic heterocycles. The summed E-state index contributed by atoms with van der Waals surface area (Å²) in [6, 6.07) is 0. The second-order valence-corrected chi connectivity index (χ2v) is 6.36. The van der Waals surface area contributed by atoms with Crippen LogP contribution in [0.3, 0.4) is 0 Å². The van der Waals surface area contributed by atoms with Crippen LogP contribution < -0.4 is 10.2 Å². The van der Waals surface area contributed by atoms with Crippen molar-refractivity contribution in [1.29, 1.82) is 0 Å². The Balaban J connectivity index is 1.68. The van der Waals surface area contributed by atoms with Gasteiger partial charge in [-0.05, 0) is 26.9 Å². The van der Waals surface area contributed by atoms with Crippen LogP contribution in [0.15, 0.2) is 17.5 Å². The highest BCUT2D eigenvalue weighted by molar-refractivity contribution is 7.13. The van der Waals surface area contributed by atoms with E-state index >= 15 is 0 Å². The zero-order valence-electron chi connectivity index (χ0n) is 12.8. The Kier molecular flexibility index (Phi) is 6.20. The van der Waals surface area contributed by atoms with Gasteiger partial charge in [0.1, 0.15) is 0 Å². The first-order chi connectivity index (χ1) is 10.1. The number of nitrogens with zero attached hydrogens (tertiary/aromatic N) is 3. The molecule has 2 rings (SSSR count). The van der Waals surface area contributed by atoms with Crippen LogP contribution in [0.25, 0.3) is 0 Å². The largest absolute Gasteiger partial charge is 0.352 e. The number of nitrogens with one attached hydrogen (secondary N) is 1. The van der Waals surface area contributed by atoms with E-state index < -0.39 is 0 Å². The van der Waals surface area contributed by atoms with E-state index in [1.165, 1.54) is 12.8 Å². The normalized spacial score (nSPS) is 15.3. The first kappa shape index (κ1) is 16.0. The number of aromatic nitrogens is 1. The van der Waals surface area contributed by atoms with Crippen LogP contribution in [0.1, 0.15) is 18.5 Å². The maximum atomic E-state index is 11.6. The van der Waals surface area contributed by atoms with Crippen molar-refractivity contribution in [2.24, 2.45) is 0 Å². The summed E-state index contributed by atoms with van der Waals surface area (Å²) in [6.45, 7) is 3.66. The number of rotatable bonds is 7. The van der Waals surface area contributed by atoms with Crippen molar-refractivity contribution >= 4 is 22.4 Å². The molecule has 1 fully saturated rings. The highest BCUT2D eigenvalue weighted by Crippen LogP contribution is 2.24. The minimum absolute atomic E-state index is 0.0353. The molecule has 1 aliphatic rings. The van der Waals surface area contributed by atoms with Crippen LogP contribution in [-0.4, -0.2) is 56.1 Å². The van der Waals surface area contributed by atoms with Crippen LogP contribution in [0.4, 0.5) is 5.13 Å². The van der Waals surface area contributed by atoms with E-state index in [0.29, 0.717) is 6.54 Å². The van der Waals surface area contributed by atoms with Crippen molar-refractivity contribution in [1.82, 2.24) is 15.2 Å². The third-order valence-electron chi connectivity index (χ3n) is 3.34. The molecular formula is C15H24N4OS. The number of anilines is 1. The van der Waals surface area contributed by atoms with Gasteiger partial charge in [0.05, 0.1) is 5.69 Å². The topological polar surface area (TPSA) is 48.5 Å². The fourth-order valence-electron chi connectivity index (χ4n) is 2.21. The molecule has 1 aliphatic heterocycles. The second kappa shape index (κ2) is 8.14. The molecule has 1 amide bonds. The molecule has 2 heterocycles. The summed E-state index contributed by atoms with van der Waals surface area (Å²) in [4.78, 5) is 20.6. The molecule has 1 aromatic rings. The average Bonchev–Trinajstić information content (AvgIpc) is 3.08. The number of hydrogen-bond acceptors (Lipinski definition) is 5. The number of carbonyl (C=O) groups excluding carboxylic acids is 1. The fraction of sp³-hybridized carbons (Fsp3) is 0.600. The summed E-state index contributed by atoms with van der Waals surface area (Å²) in [5.41, 5.74) is 1.07. The third-order valence-corrected chi connectivity index (χ3v) is 4.29. The minimum Gasteiger partial charge on any atom is -0.352 e. The summed E-state index contributed by atoms with van der Waals surface area (Å²) in [7, 11) is 3.95. The highest BCUT2D eigenvalue weighted by atomic mass is 32.1. The molecule has 0 saturated carbocycles. The van der Waals surface area contributed by atoms with E-state index in [1.54, 1.807) is 17.4 Å². The van der Waals surface area contributed by atoms with E-state index in [-0.39, 0.29) is 5.91 Å². The molecule has 0 spiro atoms. The van der Waals surface area contributed by atoms with Crippen molar-refractivity contribution in [2.75, 3.05) is 45.2 Å². The summed E-state index contributed by atoms with van der Waals surface area (Å²) in [5, 5.41) is 6.11. The predicted octanol–water partition coefficient (Wildman–Crippen LogP) is 1.52. The van der Waals surface area contributed by atoms with Gasteiger partial charge < -0.3 is 15.1 Å². The van der Waals surface area contributed by atoms with E-state index in [2.05, 4.69) is 20.6 Å². The monoisotopic (exact) mass is 308 g/mol. The Bertz CT molecular complexity index is 478. The number of likely N-dealkylation sites (N-methyl/N-ethyl adjacent to an activating group) is 1. The molecule has 1 N–H and O–H groups in total. The number of amides is 1. The van der Waals surface area contributed by atoms with E-state index in [4.69, 9.17) is 0 Å². The van der Waals surface area contributed by atoms with E-state index in [1.807, 2.05) is 25.1 Å². The summed E-state index contributed by atoms with van der Waals surface area (Å²) in [6.07, 6.45) is 6.78. The van der Waals surface area contributed by atoms with Crippen LogP contribution in [0.5, 0.6) is 0 Å². The molecule has 6 heteroatoms. The summed E-state index contributed by atoms with van der Waals surface area (Å²) >= 11 is 1.71. The standard InChI is InChI=1S/C15H24N4OS/c1-18(2)9-5-6-14(20)16-8-7-13-12-21-15(17-13)19-10-3-4-11-19/h5-6,12H,3-4,7-11H2,1-2H3,(H,16,20)/b6-5+. The van der Waals surface area contributed by atoms with Crippen molar-refractivity contribution in [3.63, 3.8) is 0 Å². The van der Waals surface area contributed by atoms with Gasteiger partial charge in [-0.25, -0.2) is 4.98 Å². The Morgan fingerprint density at radius 2 is 2.24 bits per heavy atom. The molecule has 0 bridgehead atoms. The lowest BCUT2D eigenvalue weighted by Gasteiger charge is -2.12. The Morgan fingerprint density at radius 3 is 2.95 bits per heavy atom. The molecule has 0 radical (unpaired) electrons. The van der Waals surface area contributed by atoms with Crippen LogP contribution in [0.2, 0.25) is 0 Å². The maximum absolute atomic E-state index is 11.6. The van der Waals surface area contributed by atoms with Gasteiger partial charge in [-0.15, -0.1) is 11.3 Å². The highest BCUT2D eigenvalue weighted by Gasteiger charge is 2.15. The third kappa shape index (κ3) is 5.47. The molecule has 0 atom stereocenters. The quantitative estimate of drug-likeness (QED) is 0.776. The molecule has 21 heavy (non-hydrogen) atoms. The number of thiazole rings is 1. The van der Waals surface area contributed by atoms with Crippen molar-refractivity contribution in [3.05, 3.63) is 23.2 Å². The van der Waals surface area contributed by atoms with Crippen LogP contribution in [-0.2, 0) is 11.2 Å². The van der Waals surface area contributed by atoms with Gasteiger partial charge in [0, 0.05) is 44.1 Å². The lowest BCUT2D eigenvalue weighted by Crippen LogP contribution is -2.24. The summed E-state index contributed by atoms with van der Waals surface area (Å²) < 4.78 is 0. The smallest absolute Gasteiger partial charge is 0.243 e. The van der Waals surface area contributed by atoms with Gasteiger partial charge >= 0.3 is 0 Å².